The average Bonchev–Trinajstić information content (AvgIpc) is 3.09. The number of rotatable bonds is 4. The topological polar surface area (TPSA) is 9.23 Å². The summed E-state index contributed by atoms with van der Waals surface area (Å²) < 4.78 is 6.57. The Morgan fingerprint density at radius 3 is 2.43 bits per heavy atom. The second-order valence-corrected chi connectivity index (χ2v) is 13.9. The van der Waals surface area contributed by atoms with Crippen molar-refractivity contribution in [1.82, 2.24) is 0 Å². The van der Waals surface area contributed by atoms with Crippen molar-refractivity contribution in [2.24, 2.45) is 23.7 Å². The Hall–Kier alpha value is -0.263. The molecule has 0 unspecified atom stereocenters. The van der Waals surface area contributed by atoms with Crippen LogP contribution in [0, 0.1) is 35.5 Å². The molecule has 118 valence electrons. The van der Waals surface area contributed by atoms with Crippen LogP contribution in [0.2, 0.25) is 19.6 Å². The Labute approximate surface area is 132 Å². The van der Waals surface area contributed by atoms with Crippen molar-refractivity contribution in [3.8, 4) is 11.8 Å². The molecule has 1 saturated heterocycles. The van der Waals surface area contributed by atoms with Gasteiger partial charge in [0.15, 0.2) is 0 Å². The molecule has 3 aliphatic rings. The molecule has 1 nitrogen and oxygen atoms in total. The maximum Gasteiger partial charge on any atom is 0.121 e. The molecule has 6 atom stereocenters. The van der Waals surface area contributed by atoms with E-state index in [0.29, 0.717) is 5.73 Å². The van der Waals surface area contributed by atoms with Gasteiger partial charge in [-0.15, -0.1) is 5.92 Å². The number of fused-ring (bicyclic) bond motifs is 5. The summed E-state index contributed by atoms with van der Waals surface area (Å²) >= 11 is 0. The van der Waals surface area contributed by atoms with Gasteiger partial charge in [0, 0.05) is 12.3 Å². The van der Waals surface area contributed by atoms with Crippen LogP contribution in [-0.4, -0.2) is 19.9 Å². The molecule has 21 heavy (non-hydrogen) atoms. The van der Waals surface area contributed by atoms with Gasteiger partial charge in [0.25, 0.3) is 0 Å². The summed E-state index contributed by atoms with van der Waals surface area (Å²) in [5.41, 5.74) is 0.563. The third kappa shape index (κ3) is 2.97. The molecule has 2 saturated carbocycles. The lowest BCUT2D eigenvalue weighted by atomic mass is 9.78. The summed E-state index contributed by atoms with van der Waals surface area (Å²) in [5, 5.41) is 0. The van der Waals surface area contributed by atoms with E-state index in [4.69, 9.17) is 4.74 Å². The minimum absolute atomic E-state index is 0.267. The van der Waals surface area contributed by atoms with Crippen LogP contribution in [0.15, 0.2) is 0 Å². The van der Waals surface area contributed by atoms with Crippen LogP contribution in [-0.2, 0) is 4.74 Å². The summed E-state index contributed by atoms with van der Waals surface area (Å²) in [6.45, 7) is 9.71. The van der Waals surface area contributed by atoms with Gasteiger partial charge in [-0.25, -0.2) is 0 Å². The fourth-order valence-electron chi connectivity index (χ4n) is 5.17. The molecule has 0 aromatic heterocycles. The summed E-state index contributed by atoms with van der Waals surface area (Å²) in [7, 11) is -1.24. The third-order valence-electron chi connectivity index (χ3n) is 6.04. The molecule has 1 heterocycles. The van der Waals surface area contributed by atoms with Crippen molar-refractivity contribution in [2.45, 2.75) is 83.3 Å². The van der Waals surface area contributed by atoms with Gasteiger partial charge in [-0.05, 0) is 43.4 Å². The molecular formula is C19H32OSi. The fraction of sp³-hybridized carbons (Fsp3) is 0.895. The monoisotopic (exact) mass is 304 g/mol. The van der Waals surface area contributed by atoms with E-state index in [1.54, 1.807) is 0 Å². The standard InChI is InChI=1S/C19H32OSi/c1-5-6-7-8-9-10-16-17-14-11-12-15(13-14)18(17)19(20-16)21(2,3)4/h14-19H,5-8,11-13H2,1-4H3/t14-,15+,16-,17-,18-,19+/m0/s1. The van der Waals surface area contributed by atoms with Crippen LogP contribution in [0.1, 0.15) is 51.9 Å². The van der Waals surface area contributed by atoms with Crippen molar-refractivity contribution in [2.75, 3.05) is 0 Å². The molecule has 2 aliphatic carbocycles. The molecular weight excluding hydrogens is 272 g/mol. The summed E-state index contributed by atoms with van der Waals surface area (Å²) in [6, 6.07) is 0. The highest BCUT2D eigenvalue weighted by molar-refractivity contribution is 6.77. The predicted octanol–water partition coefficient (Wildman–Crippen LogP) is 4.88. The minimum Gasteiger partial charge on any atom is -0.365 e. The maximum absolute atomic E-state index is 6.57. The first-order valence-corrected chi connectivity index (χ1v) is 12.7. The molecule has 2 bridgehead atoms. The first kappa shape index (κ1) is 15.6. The SMILES string of the molecule is CCCCCC#C[C@@H]1O[C@H]([Si](C)(C)C)[C@H]2[C@@H]3CC[C@@H](C3)[C@H]21. The number of hydrogen-bond acceptors (Lipinski definition) is 1. The average molecular weight is 305 g/mol. The lowest BCUT2D eigenvalue weighted by Gasteiger charge is -2.33. The zero-order valence-corrected chi connectivity index (χ0v) is 15.3. The molecule has 2 heteroatoms. The van der Waals surface area contributed by atoms with Crippen LogP contribution in [0.5, 0.6) is 0 Å². The van der Waals surface area contributed by atoms with E-state index >= 15 is 0 Å². The summed E-state index contributed by atoms with van der Waals surface area (Å²) in [4.78, 5) is 0. The van der Waals surface area contributed by atoms with Crippen LogP contribution in [0.3, 0.4) is 0 Å². The zero-order valence-electron chi connectivity index (χ0n) is 14.3. The first-order valence-electron chi connectivity index (χ1n) is 9.16. The third-order valence-corrected chi connectivity index (χ3v) is 8.27. The largest absolute Gasteiger partial charge is 0.365 e. The van der Waals surface area contributed by atoms with Gasteiger partial charge in [0.2, 0.25) is 0 Å². The molecule has 0 N–H and O–H groups in total. The molecule has 0 radical (unpaired) electrons. The number of ether oxygens (including phenoxy) is 1. The molecule has 0 aromatic carbocycles. The van der Waals surface area contributed by atoms with Crippen LogP contribution >= 0.6 is 0 Å². The first-order chi connectivity index (χ1) is 10.0. The van der Waals surface area contributed by atoms with Gasteiger partial charge in [-0.2, -0.15) is 0 Å². The van der Waals surface area contributed by atoms with E-state index < -0.39 is 8.07 Å². The highest BCUT2D eigenvalue weighted by Crippen LogP contribution is 2.59. The molecule has 0 aromatic rings. The fourth-order valence-corrected chi connectivity index (χ4v) is 7.37. The van der Waals surface area contributed by atoms with E-state index in [-0.39, 0.29) is 6.10 Å². The van der Waals surface area contributed by atoms with Crippen molar-refractivity contribution >= 4 is 8.07 Å². The van der Waals surface area contributed by atoms with Crippen molar-refractivity contribution in [3.63, 3.8) is 0 Å². The quantitative estimate of drug-likeness (QED) is 0.409. The Balaban J connectivity index is 1.70. The van der Waals surface area contributed by atoms with E-state index in [0.717, 1.165) is 30.1 Å². The highest BCUT2D eigenvalue weighted by atomic mass is 28.3. The van der Waals surface area contributed by atoms with E-state index in [1.165, 1.54) is 38.5 Å². The normalized spacial score (nSPS) is 41.0. The van der Waals surface area contributed by atoms with Crippen LogP contribution < -0.4 is 0 Å². The van der Waals surface area contributed by atoms with Crippen molar-refractivity contribution in [3.05, 3.63) is 0 Å². The van der Waals surface area contributed by atoms with E-state index in [1.807, 2.05) is 0 Å². The van der Waals surface area contributed by atoms with Crippen LogP contribution in [0.25, 0.3) is 0 Å². The lowest BCUT2D eigenvalue weighted by Crippen LogP contribution is -2.44. The predicted molar refractivity (Wildman–Crippen MR) is 91.7 cm³/mol. The van der Waals surface area contributed by atoms with Gasteiger partial charge >= 0.3 is 0 Å². The smallest absolute Gasteiger partial charge is 0.121 e. The molecule has 3 fully saturated rings. The Morgan fingerprint density at radius 2 is 1.76 bits per heavy atom. The number of hydrogen-bond donors (Lipinski definition) is 0. The van der Waals surface area contributed by atoms with Gasteiger partial charge in [0.1, 0.15) is 6.10 Å². The van der Waals surface area contributed by atoms with Gasteiger partial charge < -0.3 is 4.74 Å². The second-order valence-electron chi connectivity index (χ2n) is 8.61. The van der Waals surface area contributed by atoms with E-state index in [9.17, 15) is 0 Å². The Morgan fingerprint density at radius 1 is 1.05 bits per heavy atom. The molecule has 0 spiro atoms. The second kappa shape index (κ2) is 6.09. The number of unbranched alkanes of at least 4 members (excludes halogenated alkanes) is 3. The molecule has 3 rings (SSSR count). The summed E-state index contributed by atoms with van der Waals surface area (Å²) in [6.07, 6.45) is 9.58. The highest BCUT2D eigenvalue weighted by Gasteiger charge is 2.60. The summed E-state index contributed by atoms with van der Waals surface area (Å²) in [5.74, 6) is 10.5. The van der Waals surface area contributed by atoms with Gasteiger partial charge in [0.05, 0.1) is 13.8 Å². The lowest BCUT2D eigenvalue weighted by molar-refractivity contribution is 0.0873. The maximum atomic E-state index is 6.57. The zero-order chi connectivity index (χ0) is 15.0. The minimum atomic E-state index is -1.24. The van der Waals surface area contributed by atoms with Crippen LogP contribution in [0.4, 0.5) is 0 Å². The molecule has 0 amide bonds. The Bertz CT molecular complexity index is 427. The molecule has 1 aliphatic heterocycles. The van der Waals surface area contributed by atoms with Gasteiger partial charge in [-0.3, -0.25) is 0 Å². The van der Waals surface area contributed by atoms with Crippen molar-refractivity contribution < 1.29 is 4.74 Å². The Kier molecular flexibility index (Phi) is 4.53. The van der Waals surface area contributed by atoms with Gasteiger partial charge in [-0.1, -0.05) is 45.3 Å². The van der Waals surface area contributed by atoms with E-state index in [2.05, 4.69) is 38.4 Å². The van der Waals surface area contributed by atoms with Crippen molar-refractivity contribution in [1.29, 1.82) is 0 Å².